The number of carboxylic acids is 1. The Labute approximate surface area is 172 Å². The van der Waals surface area contributed by atoms with Gasteiger partial charge in [0.25, 0.3) is 0 Å². The van der Waals surface area contributed by atoms with Gasteiger partial charge in [0, 0.05) is 0 Å². The van der Waals surface area contributed by atoms with Crippen LogP contribution in [0.4, 0.5) is 79.1 Å². The Morgan fingerprint density at radius 1 is 0.588 bits per heavy atom. The summed E-state index contributed by atoms with van der Waals surface area (Å²) in [5.74, 6) is -55.8. The fraction of sp³-hybridized carbons (Fsp3) is 0.900. The molecule has 0 saturated heterocycles. The number of rotatable bonds is 10. The molecule has 0 aliphatic carbocycles. The molecule has 34 heavy (non-hydrogen) atoms. The molecular formula is C10H3F18NO4S. The molecule has 0 atom stereocenters. The van der Waals surface area contributed by atoms with Gasteiger partial charge in [0.15, 0.2) is 0 Å². The number of aliphatic carboxylic acids is 1. The Hall–Kier alpha value is -1.88. The van der Waals surface area contributed by atoms with Gasteiger partial charge in [-0.25, -0.2) is 8.42 Å². The first-order chi connectivity index (χ1) is 14.3. The van der Waals surface area contributed by atoms with Gasteiger partial charge in [-0.05, 0) is 4.53 Å². The largest absolute Gasteiger partial charge is 0.480 e. The standard InChI is InChI=1S/C10H3F18NO4S/c11-3(12,5(15,16)7(19,20)9(23,24)25)4(13,14)6(17,18)8(21,22)10(26,27)34(32,33)29(28)1-2(30)31/h1H2,(H,30,31). The zero-order chi connectivity index (χ0) is 28.4. The van der Waals surface area contributed by atoms with Crippen LogP contribution in [0.5, 0.6) is 0 Å². The van der Waals surface area contributed by atoms with Crippen molar-refractivity contribution in [3.63, 3.8) is 0 Å². The third-order valence-electron chi connectivity index (χ3n) is 3.54. The average molecular weight is 575 g/mol. The molecule has 0 aliphatic heterocycles. The summed E-state index contributed by atoms with van der Waals surface area (Å²) in [6.45, 7) is -2.96. The minimum atomic E-state index is -9.06. The molecule has 0 bridgehead atoms. The van der Waals surface area contributed by atoms with Crippen LogP contribution in [-0.2, 0) is 14.8 Å². The minimum absolute atomic E-state index is 2.86. The van der Waals surface area contributed by atoms with Crippen molar-refractivity contribution >= 4 is 16.0 Å². The van der Waals surface area contributed by atoms with Crippen LogP contribution >= 0.6 is 0 Å². The second-order valence-corrected chi connectivity index (χ2v) is 7.66. The van der Waals surface area contributed by atoms with E-state index in [1.54, 1.807) is 0 Å². The molecule has 0 saturated carbocycles. The predicted molar refractivity (Wildman–Crippen MR) is 65.1 cm³/mol. The first-order valence-electron chi connectivity index (χ1n) is 6.95. The number of sulfonamides is 1. The van der Waals surface area contributed by atoms with Crippen LogP contribution in [-0.4, -0.2) is 77.5 Å². The van der Waals surface area contributed by atoms with Crippen molar-refractivity contribution in [3.8, 4) is 0 Å². The summed E-state index contributed by atoms with van der Waals surface area (Å²) in [7, 11) is -8.24. The van der Waals surface area contributed by atoms with Gasteiger partial charge in [-0.2, -0.15) is 74.6 Å². The maximum atomic E-state index is 13.4. The van der Waals surface area contributed by atoms with Gasteiger partial charge < -0.3 is 5.11 Å². The van der Waals surface area contributed by atoms with Crippen molar-refractivity contribution in [1.82, 2.24) is 4.53 Å². The van der Waals surface area contributed by atoms with Crippen LogP contribution in [0.1, 0.15) is 0 Å². The summed E-state index contributed by atoms with van der Waals surface area (Å²) >= 11 is 0. The molecule has 0 aliphatic rings. The van der Waals surface area contributed by atoms with E-state index in [9.17, 15) is 92.3 Å². The molecule has 0 aromatic heterocycles. The molecule has 0 amide bonds. The molecule has 0 spiro atoms. The second-order valence-electron chi connectivity index (χ2n) is 5.81. The second kappa shape index (κ2) is 8.08. The molecule has 0 fully saturated rings. The number of carboxylic acid groups (broad SMARTS) is 1. The van der Waals surface area contributed by atoms with Gasteiger partial charge in [0.05, 0.1) is 0 Å². The van der Waals surface area contributed by atoms with Gasteiger partial charge in [0.2, 0.25) is 0 Å². The predicted octanol–water partition coefficient (Wildman–Crippen LogP) is 4.55. The lowest BCUT2D eigenvalue weighted by atomic mass is 9.91. The highest BCUT2D eigenvalue weighted by Gasteiger charge is 2.96. The first kappa shape index (κ1) is 32.1. The normalized spacial score (nSPS) is 16.2. The molecule has 0 unspecified atom stereocenters. The fourth-order valence-corrected chi connectivity index (χ4v) is 2.61. The third-order valence-corrected chi connectivity index (χ3v) is 5.09. The van der Waals surface area contributed by atoms with Crippen molar-refractivity contribution < 1.29 is 97.4 Å². The molecule has 0 radical (unpaired) electrons. The number of alkyl halides is 17. The van der Waals surface area contributed by atoms with E-state index in [1.807, 2.05) is 0 Å². The van der Waals surface area contributed by atoms with E-state index in [-0.39, 0.29) is 0 Å². The molecule has 5 nitrogen and oxygen atoms in total. The molecule has 0 rings (SSSR count). The summed E-state index contributed by atoms with van der Waals surface area (Å²) in [5, 5.41) is -0.193. The monoisotopic (exact) mass is 575 g/mol. The first-order valence-corrected chi connectivity index (χ1v) is 8.39. The molecule has 24 heteroatoms. The molecule has 0 aromatic rings. The van der Waals surface area contributed by atoms with E-state index in [2.05, 4.69) is 0 Å². The van der Waals surface area contributed by atoms with Crippen molar-refractivity contribution in [2.45, 2.75) is 47.0 Å². The highest BCUT2D eigenvalue weighted by atomic mass is 32.2. The van der Waals surface area contributed by atoms with Crippen molar-refractivity contribution in [2.75, 3.05) is 6.54 Å². The van der Waals surface area contributed by atoms with Crippen LogP contribution in [0, 0.1) is 0 Å². The molecule has 1 N–H and O–H groups in total. The topological polar surface area (TPSA) is 74.7 Å². The van der Waals surface area contributed by atoms with Crippen LogP contribution in [0.3, 0.4) is 0 Å². The lowest BCUT2D eigenvalue weighted by Crippen LogP contribution is -2.75. The molecular weight excluding hydrogens is 572 g/mol. The van der Waals surface area contributed by atoms with E-state index < -0.39 is 74.0 Å². The van der Waals surface area contributed by atoms with Gasteiger partial charge >= 0.3 is 63.0 Å². The third kappa shape index (κ3) is 3.98. The summed E-state index contributed by atoms with van der Waals surface area (Å²) in [5.41, 5.74) is 0. The van der Waals surface area contributed by atoms with Crippen LogP contribution in [0.2, 0.25) is 0 Å². The Kier molecular flexibility index (Phi) is 7.63. The number of hydrogen-bond donors (Lipinski definition) is 1. The summed E-state index contributed by atoms with van der Waals surface area (Å²) < 4.78 is 252. The van der Waals surface area contributed by atoms with E-state index in [1.165, 1.54) is 0 Å². The average Bonchev–Trinajstić information content (AvgIpc) is 2.58. The van der Waals surface area contributed by atoms with E-state index in [0.29, 0.717) is 0 Å². The molecule has 0 aromatic carbocycles. The molecule has 204 valence electrons. The van der Waals surface area contributed by atoms with Gasteiger partial charge in [-0.3, -0.25) is 4.79 Å². The highest BCUT2D eigenvalue weighted by molar-refractivity contribution is 7.90. The van der Waals surface area contributed by atoms with Crippen LogP contribution in [0.25, 0.3) is 0 Å². The van der Waals surface area contributed by atoms with Crippen LogP contribution in [0.15, 0.2) is 0 Å². The van der Waals surface area contributed by atoms with E-state index in [4.69, 9.17) is 5.11 Å². The van der Waals surface area contributed by atoms with Gasteiger partial charge in [-0.15, -0.1) is 4.48 Å². The Morgan fingerprint density at radius 3 is 1.12 bits per heavy atom. The number of halogens is 18. The highest BCUT2D eigenvalue weighted by Crippen LogP contribution is 2.64. The Morgan fingerprint density at radius 2 is 0.853 bits per heavy atom. The summed E-state index contributed by atoms with van der Waals surface area (Å²) in [6.07, 6.45) is -7.97. The van der Waals surface area contributed by atoms with Crippen molar-refractivity contribution in [1.29, 1.82) is 0 Å². The number of carbonyl (C=O) groups is 1. The Balaban J connectivity index is 6.98. The minimum Gasteiger partial charge on any atom is -0.480 e. The lowest BCUT2D eigenvalue weighted by molar-refractivity contribution is -0.458. The lowest BCUT2D eigenvalue weighted by Gasteiger charge is -2.42. The smallest absolute Gasteiger partial charge is 0.460 e. The number of nitrogens with zero attached hydrogens (tertiary/aromatic N) is 1. The van der Waals surface area contributed by atoms with Gasteiger partial charge in [0.1, 0.15) is 6.54 Å². The maximum Gasteiger partial charge on any atom is 0.460 e. The SMILES string of the molecule is O=C(O)CN(F)S(=O)(=O)C(F)(F)C(F)(F)C(F)(F)C(F)(F)C(F)(F)C(F)(F)C(F)(F)C(F)(F)F. The van der Waals surface area contributed by atoms with E-state index >= 15 is 0 Å². The van der Waals surface area contributed by atoms with Gasteiger partial charge in [-0.1, -0.05) is 0 Å². The maximum absolute atomic E-state index is 13.4. The zero-order valence-electron chi connectivity index (χ0n) is 14.5. The van der Waals surface area contributed by atoms with Crippen molar-refractivity contribution in [3.05, 3.63) is 0 Å². The van der Waals surface area contributed by atoms with Crippen molar-refractivity contribution in [2.24, 2.45) is 0 Å². The zero-order valence-corrected chi connectivity index (χ0v) is 15.4. The van der Waals surface area contributed by atoms with Crippen LogP contribution < -0.4 is 0 Å². The van der Waals surface area contributed by atoms with E-state index in [0.717, 1.165) is 0 Å². The quantitative estimate of drug-likeness (QED) is 0.307. The number of hydrogen-bond acceptors (Lipinski definition) is 3. The summed E-state index contributed by atoms with van der Waals surface area (Å²) in [4.78, 5) is 10.0. The Bertz CT molecular complexity index is 893. The fourth-order valence-electron chi connectivity index (χ4n) is 1.63. The summed E-state index contributed by atoms with van der Waals surface area (Å²) in [6, 6.07) is 0. The molecule has 0 heterocycles.